The van der Waals surface area contributed by atoms with Gasteiger partial charge in [0.05, 0.1) is 11.6 Å². The molecule has 1 aromatic rings. The number of halogens is 2. The predicted molar refractivity (Wildman–Crippen MR) is 71.9 cm³/mol. The van der Waals surface area contributed by atoms with Crippen LogP contribution in [0.3, 0.4) is 0 Å². The second-order valence-electron chi connectivity index (χ2n) is 4.88. The minimum atomic E-state index is -4.30. The standard InChI is InChI=1S/C13H15F2N3O2S/c14-11-5-9(7-16)6-12(15)13(11)21(19,20)18-8-10-3-1-2-4-17-10/h5-6,10,17-18H,1-4,8H2/t10-/m1/s1. The van der Waals surface area contributed by atoms with Gasteiger partial charge in [0.2, 0.25) is 10.0 Å². The van der Waals surface area contributed by atoms with Crippen LogP contribution >= 0.6 is 0 Å². The molecule has 1 fully saturated rings. The highest BCUT2D eigenvalue weighted by Gasteiger charge is 2.26. The lowest BCUT2D eigenvalue weighted by atomic mass is 10.1. The Balaban J connectivity index is 2.17. The van der Waals surface area contributed by atoms with Crippen molar-refractivity contribution in [2.24, 2.45) is 0 Å². The lowest BCUT2D eigenvalue weighted by molar-refractivity contribution is 0.397. The van der Waals surface area contributed by atoms with Gasteiger partial charge >= 0.3 is 0 Å². The van der Waals surface area contributed by atoms with E-state index in [1.807, 2.05) is 0 Å². The van der Waals surface area contributed by atoms with Crippen molar-refractivity contribution in [3.05, 3.63) is 29.3 Å². The summed E-state index contributed by atoms with van der Waals surface area (Å²) < 4.78 is 53.7. The monoisotopic (exact) mass is 315 g/mol. The fourth-order valence-electron chi connectivity index (χ4n) is 2.26. The first-order valence-electron chi connectivity index (χ1n) is 6.56. The van der Waals surface area contributed by atoms with Crippen LogP contribution in [0.25, 0.3) is 0 Å². The summed E-state index contributed by atoms with van der Waals surface area (Å²) in [5.41, 5.74) is -0.266. The van der Waals surface area contributed by atoms with Gasteiger partial charge in [-0.05, 0) is 31.5 Å². The molecule has 0 bridgehead atoms. The first-order chi connectivity index (χ1) is 9.94. The third-order valence-corrected chi connectivity index (χ3v) is 4.80. The van der Waals surface area contributed by atoms with E-state index in [-0.39, 0.29) is 18.2 Å². The molecule has 0 spiro atoms. The molecule has 2 rings (SSSR count). The number of benzene rings is 1. The highest BCUT2D eigenvalue weighted by atomic mass is 32.2. The van der Waals surface area contributed by atoms with Crippen molar-refractivity contribution in [3.8, 4) is 6.07 Å². The van der Waals surface area contributed by atoms with E-state index in [1.165, 1.54) is 0 Å². The minimum absolute atomic E-state index is 0.0435. The lowest BCUT2D eigenvalue weighted by Crippen LogP contribution is -2.43. The highest BCUT2D eigenvalue weighted by Crippen LogP contribution is 2.20. The molecule has 1 aliphatic heterocycles. The first-order valence-corrected chi connectivity index (χ1v) is 8.04. The van der Waals surface area contributed by atoms with E-state index >= 15 is 0 Å². The van der Waals surface area contributed by atoms with Crippen molar-refractivity contribution in [3.63, 3.8) is 0 Å². The number of nitrogens with zero attached hydrogens (tertiary/aromatic N) is 1. The molecule has 8 heteroatoms. The quantitative estimate of drug-likeness (QED) is 0.876. The van der Waals surface area contributed by atoms with Gasteiger partial charge in [0.1, 0.15) is 11.6 Å². The van der Waals surface area contributed by atoms with E-state index in [9.17, 15) is 17.2 Å². The van der Waals surface area contributed by atoms with Gasteiger partial charge in [0.25, 0.3) is 0 Å². The smallest absolute Gasteiger partial charge is 0.246 e. The number of piperidine rings is 1. The third-order valence-electron chi connectivity index (χ3n) is 3.33. The molecule has 5 nitrogen and oxygen atoms in total. The second-order valence-corrected chi connectivity index (χ2v) is 6.58. The molecular formula is C13H15F2N3O2S. The number of hydrogen-bond acceptors (Lipinski definition) is 4. The average Bonchev–Trinajstić information content (AvgIpc) is 2.45. The molecule has 114 valence electrons. The van der Waals surface area contributed by atoms with Crippen LogP contribution in [-0.2, 0) is 10.0 Å². The van der Waals surface area contributed by atoms with Crippen LogP contribution in [0.5, 0.6) is 0 Å². The molecule has 21 heavy (non-hydrogen) atoms. The molecule has 2 N–H and O–H groups in total. The summed E-state index contributed by atoms with van der Waals surface area (Å²) in [4.78, 5) is -1.04. The summed E-state index contributed by atoms with van der Waals surface area (Å²) in [6.07, 6.45) is 2.82. The van der Waals surface area contributed by atoms with Gasteiger partial charge in [0, 0.05) is 12.6 Å². The maximum absolute atomic E-state index is 13.7. The molecule has 1 aromatic carbocycles. The summed E-state index contributed by atoms with van der Waals surface area (Å²) in [7, 11) is -4.30. The molecule has 1 atom stereocenters. The lowest BCUT2D eigenvalue weighted by Gasteiger charge is -2.23. The van der Waals surface area contributed by atoms with Crippen LogP contribution in [0.1, 0.15) is 24.8 Å². The van der Waals surface area contributed by atoms with Gasteiger partial charge in [-0.25, -0.2) is 21.9 Å². The Morgan fingerprint density at radius 3 is 2.52 bits per heavy atom. The molecule has 0 amide bonds. The van der Waals surface area contributed by atoms with E-state index in [0.717, 1.165) is 25.8 Å². The summed E-state index contributed by atoms with van der Waals surface area (Å²) in [5.74, 6) is -2.54. The Morgan fingerprint density at radius 2 is 2.00 bits per heavy atom. The Morgan fingerprint density at radius 1 is 1.33 bits per heavy atom. The number of rotatable bonds is 4. The Hall–Kier alpha value is -1.56. The summed E-state index contributed by atoms with van der Waals surface area (Å²) in [6, 6.07) is 2.93. The van der Waals surface area contributed by atoms with Crippen molar-refractivity contribution in [2.75, 3.05) is 13.1 Å². The molecule has 1 heterocycles. The SMILES string of the molecule is N#Cc1cc(F)c(S(=O)(=O)NC[C@H]2CCCCN2)c(F)c1. The normalized spacial score (nSPS) is 19.2. The van der Waals surface area contributed by atoms with Crippen LogP contribution in [0, 0.1) is 23.0 Å². The molecule has 1 aliphatic rings. The van der Waals surface area contributed by atoms with Crippen LogP contribution < -0.4 is 10.0 Å². The highest BCUT2D eigenvalue weighted by molar-refractivity contribution is 7.89. The van der Waals surface area contributed by atoms with Crippen LogP contribution in [0.2, 0.25) is 0 Å². The maximum atomic E-state index is 13.7. The zero-order valence-electron chi connectivity index (χ0n) is 11.2. The molecule has 1 saturated heterocycles. The van der Waals surface area contributed by atoms with E-state index in [4.69, 9.17) is 5.26 Å². The summed E-state index contributed by atoms with van der Waals surface area (Å²) >= 11 is 0. The fourth-order valence-corrected chi connectivity index (χ4v) is 3.46. The Bertz CT molecular complexity index is 641. The Labute approximate surface area is 122 Å². The fraction of sp³-hybridized carbons (Fsp3) is 0.462. The van der Waals surface area contributed by atoms with Gasteiger partial charge in [-0.2, -0.15) is 5.26 Å². The minimum Gasteiger partial charge on any atom is -0.313 e. The molecule has 0 saturated carbocycles. The van der Waals surface area contributed by atoms with Crippen molar-refractivity contribution >= 4 is 10.0 Å². The van der Waals surface area contributed by atoms with Gasteiger partial charge in [-0.3, -0.25) is 0 Å². The van der Waals surface area contributed by atoms with Crippen molar-refractivity contribution in [1.29, 1.82) is 5.26 Å². The van der Waals surface area contributed by atoms with Crippen molar-refractivity contribution < 1.29 is 17.2 Å². The van der Waals surface area contributed by atoms with E-state index in [0.29, 0.717) is 12.1 Å². The van der Waals surface area contributed by atoms with Crippen LogP contribution in [0.4, 0.5) is 8.78 Å². The van der Waals surface area contributed by atoms with Crippen molar-refractivity contribution in [2.45, 2.75) is 30.2 Å². The first kappa shape index (κ1) is 15.8. The van der Waals surface area contributed by atoms with Crippen LogP contribution in [0.15, 0.2) is 17.0 Å². The summed E-state index contributed by atoms with van der Waals surface area (Å²) in [6.45, 7) is 0.868. The third kappa shape index (κ3) is 3.75. The predicted octanol–water partition coefficient (Wildman–Crippen LogP) is 1.26. The average molecular weight is 315 g/mol. The van der Waals surface area contributed by atoms with E-state index in [2.05, 4.69) is 10.0 Å². The topological polar surface area (TPSA) is 82.0 Å². The Kier molecular flexibility index (Phi) is 4.88. The van der Waals surface area contributed by atoms with E-state index in [1.54, 1.807) is 6.07 Å². The number of nitriles is 1. The van der Waals surface area contributed by atoms with E-state index < -0.39 is 26.6 Å². The molecule has 0 aliphatic carbocycles. The summed E-state index contributed by atoms with van der Waals surface area (Å²) in [5, 5.41) is 11.7. The number of nitrogens with one attached hydrogen (secondary N) is 2. The zero-order chi connectivity index (χ0) is 15.5. The molecule has 0 radical (unpaired) electrons. The maximum Gasteiger partial charge on any atom is 0.246 e. The largest absolute Gasteiger partial charge is 0.313 e. The van der Waals surface area contributed by atoms with Gasteiger partial charge in [-0.15, -0.1) is 0 Å². The molecule has 0 aromatic heterocycles. The van der Waals surface area contributed by atoms with Gasteiger partial charge in [-0.1, -0.05) is 6.42 Å². The van der Waals surface area contributed by atoms with Crippen LogP contribution in [-0.4, -0.2) is 27.5 Å². The molecular weight excluding hydrogens is 300 g/mol. The van der Waals surface area contributed by atoms with Gasteiger partial charge in [0.15, 0.2) is 4.90 Å². The second kappa shape index (κ2) is 6.47. The van der Waals surface area contributed by atoms with Gasteiger partial charge < -0.3 is 5.32 Å². The zero-order valence-corrected chi connectivity index (χ0v) is 12.0. The molecule has 0 unspecified atom stereocenters. The number of hydrogen-bond donors (Lipinski definition) is 2. The van der Waals surface area contributed by atoms with Crippen molar-refractivity contribution in [1.82, 2.24) is 10.0 Å². The number of sulfonamides is 1.